The first-order valence-electron chi connectivity index (χ1n) is 15.8. The lowest BCUT2D eigenvalue weighted by Gasteiger charge is -2.36. The van der Waals surface area contributed by atoms with Gasteiger partial charge in [-0.2, -0.15) is 0 Å². The average Bonchev–Trinajstić information content (AvgIpc) is 3.02. The third kappa shape index (κ3) is 7.37. The topological polar surface area (TPSA) is 86.9 Å². The number of H-pyrrole nitrogens is 1. The van der Waals surface area contributed by atoms with Crippen molar-refractivity contribution in [2.75, 3.05) is 51.0 Å². The van der Waals surface area contributed by atoms with Crippen molar-refractivity contribution in [1.29, 1.82) is 0 Å². The number of rotatable bonds is 10. The third-order valence-electron chi connectivity index (χ3n) is 8.85. The SMILES string of the molecule is CCc1ccc(-c2ccc(CN3CCOCC3)c(C(=O)NCc3c(C)cc(C)[nH]c3=O)c2)cc1N(CC)C1CCOCC1. The molecule has 3 heterocycles. The number of aryl methyl sites for hydroxylation is 3. The van der Waals surface area contributed by atoms with E-state index in [-0.39, 0.29) is 18.0 Å². The number of carbonyl (C=O) groups excluding carboxylic acids is 1. The number of ether oxygens (including phenoxy) is 2. The number of nitrogens with one attached hydrogen (secondary N) is 2. The molecule has 230 valence electrons. The molecule has 0 saturated carbocycles. The monoisotopic (exact) mass is 586 g/mol. The molecule has 0 radical (unpaired) electrons. The number of aromatic nitrogens is 1. The zero-order valence-corrected chi connectivity index (χ0v) is 26.1. The Balaban J connectivity index is 1.48. The summed E-state index contributed by atoms with van der Waals surface area (Å²) in [5.41, 5.74) is 8.42. The van der Waals surface area contributed by atoms with E-state index in [1.54, 1.807) is 0 Å². The maximum atomic E-state index is 13.8. The van der Waals surface area contributed by atoms with Gasteiger partial charge in [-0.25, -0.2) is 0 Å². The highest BCUT2D eigenvalue weighted by atomic mass is 16.5. The number of morpholine rings is 1. The molecule has 0 spiro atoms. The summed E-state index contributed by atoms with van der Waals surface area (Å²) in [6.45, 7) is 14.7. The van der Waals surface area contributed by atoms with Gasteiger partial charge in [-0.15, -0.1) is 0 Å². The Morgan fingerprint density at radius 2 is 1.63 bits per heavy atom. The molecule has 1 aromatic heterocycles. The fourth-order valence-corrected chi connectivity index (χ4v) is 6.40. The first-order valence-corrected chi connectivity index (χ1v) is 15.8. The summed E-state index contributed by atoms with van der Waals surface area (Å²) in [5.74, 6) is -0.174. The summed E-state index contributed by atoms with van der Waals surface area (Å²) in [5, 5.41) is 3.05. The normalized spacial score (nSPS) is 16.3. The molecule has 2 aromatic carbocycles. The van der Waals surface area contributed by atoms with Crippen LogP contribution in [-0.2, 0) is 29.0 Å². The zero-order chi connectivity index (χ0) is 30.3. The van der Waals surface area contributed by atoms with Crippen molar-refractivity contribution in [1.82, 2.24) is 15.2 Å². The number of pyridine rings is 1. The molecule has 2 saturated heterocycles. The van der Waals surface area contributed by atoms with Gasteiger partial charge in [0.15, 0.2) is 0 Å². The van der Waals surface area contributed by atoms with Crippen LogP contribution >= 0.6 is 0 Å². The van der Waals surface area contributed by atoms with E-state index in [2.05, 4.69) is 64.3 Å². The predicted octanol–water partition coefficient (Wildman–Crippen LogP) is 4.99. The lowest BCUT2D eigenvalue weighted by molar-refractivity contribution is 0.0341. The summed E-state index contributed by atoms with van der Waals surface area (Å²) < 4.78 is 11.2. The molecular weight excluding hydrogens is 540 g/mol. The van der Waals surface area contributed by atoms with E-state index < -0.39 is 0 Å². The molecule has 2 N–H and O–H groups in total. The fourth-order valence-electron chi connectivity index (χ4n) is 6.40. The van der Waals surface area contributed by atoms with Crippen LogP contribution in [-0.4, -0.2) is 67.9 Å². The Bertz CT molecular complexity index is 1470. The molecule has 5 rings (SSSR count). The molecule has 2 aliphatic heterocycles. The van der Waals surface area contributed by atoms with Crippen LogP contribution in [0.4, 0.5) is 5.69 Å². The number of aromatic amines is 1. The van der Waals surface area contributed by atoms with E-state index in [0.29, 0.717) is 36.9 Å². The van der Waals surface area contributed by atoms with Crippen LogP contribution in [0.3, 0.4) is 0 Å². The second-order valence-corrected chi connectivity index (χ2v) is 11.7. The fraction of sp³-hybridized carbons (Fsp3) is 0.486. The maximum Gasteiger partial charge on any atom is 0.253 e. The molecule has 8 heteroatoms. The number of amides is 1. The molecule has 0 unspecified atom stereocenters. The molecule has 0 bridgehead atoms. The van der Waals surface area contributed by atoms with Gasteiger partial charge in [0.1, 0.15) is 0 Å². The summed E-state index contributed by atoms with van der Waals surface area (Å²) in [6.07, 6.45) is 3.02. The lowest BCUT2D eigenvalue weighted by atomic mass is 9.95. The third-order valence-corrected chi connectivity index (χ3v) is 8.85. The molecule has 2 fully saturated rings. The van der Waals surface area contributed by atoms with Crippen LogP contribution in [0.5, 0.6) is 0 Å². The Labute approximate surface area is 255 Å². The largest absolute Gasteiger partial charge is 0.381 e. The van der Waals surface area contributed by atoms with E-state index in [4.69, 9.17) is 9.47 Å². The van der Waals surface area contributed by atoms with Crippen LogP contribution < -0.4 is 15.8 Å². The van der Waals surface area contributed by atoms with Crippen molar-refractivity contribution in [2.45, 2.75) is 66.1 Å². The summed E-state index contributed by atoms with van der Waals surface area (Å²) >= 11 is 0. The Hall–Kier alpha value is -3.46. The maximum absolute atomic E-state index is 13.8. The number of hydrogen-bond acceptors (Lipinski definition) is 6. The number of nitrogens with zero attached hydrogens (tertiary/aromatic N) is 2. The Morgan fingerprint density at radius 1 is 0.953 bits per heavy atom. The molecule has 2 aliphatic rings. The number of benzene rings is 2. The van der Waals surface area contributed by atoms with Crippen LogP contribution in [0, 0.1) is 13.8 Å². The van der Waals surface area contributed by atoms with Gasteiger partial charge in [-0.3, -0.25) is 14.5 Å². The number of carbonyl (C=O) groups is 1. The quantitative estimate of drug-likeness (QED) is 0.348. The first-order chi connectivity index (χ1) is 20.9. The van der Waals surface area contributed by atoms with E-state index in [1.807, 2.05) is 26.0 Å². The Kier molecular flexibility index (Phi) is 10.3. The number of anilines is 1. The van der Waals surface area contributed by atoms with E-state index in [1.165, 1.54) is 11.3 Å². The molecular formula is C35H46N4O4. The highest BCUT2D eigenvalue weighted by Gasteiger charge is 2.23. The van der Waals surface area contributed by atoms with Crippen LogP contribution in [0.2, 0.25) is 0 Å². The van der Waals surface area contributed by atoms with Crippen molar-refractivity contribution in [2.24, 2.45) is 0 Å². The highest BCUT2D eigenvalue weighted by Crippen LogP contribution is 2.33. The van der Waals surface area contributed by atoms with Gasteiger partial charge in [-0.1, -0.05) is 31.2 Å². The minimum Gasteiger partial charge on any atom is -0.381 e. The molecule has 43 heavy (non-hydrogen) atoms. The second-order valence-electron chi connectivity index (χ2n) is 11.7. The smallest absolute Gasteiger partial charge is 0.253 e. The molecule has 0 atom stereocenters. The summed E-state index contributed by atoms with van der Waals surface area (Å²) in [4.78, 5) is 34.1. The van der Waals surface area contributed by atoms with Crippen molar-refractivity contribution in [3.63, 3.8) is 0 Å². The second kappa shape index (κ2) is 14.3. The van der Waals surface area contributed by atoms with Crippen molar-refractivity contribution in [3.8, 4) is 11.1 Å². The minimum absolute atomic E-state index is 0.159. The van der Waals surface area contributed by atoms with Crippen LogP contribution in [0.1, 0.15) is 65.0 Å². The van der Waals surface area contributed by atoms with Gasteiger partial charge in [0, 0.05) is 74.5 Å². The van der Waals surface area contributed by atoms with Gasteiger partial charge in [-0.05, 0) is 86.1 Å². The molecule has 0 aliphatic carbocycles. The van der Waals surface area contributed by atoms with Crippen LogP contribution in [0.25, 0.3) is 11.1 Å². The van der Waals surface area contributed by atoms with Gasteiger partial charge >= 0.3 is 0 Å². The van der Waals surface area contributed by atoms with E-state index >= 15 is 0 Å². The lowest BCUT2D eigenvalue weighted by Crippen LogP contribution is -2.40. The van der Waals surface area contributed by atoms with Crippen molar-refractivity contribution in [3.05, 3.63) is 86.3 Å². The first kappa shape index (κ1) is 31.0. The van der Waals surface area contributed by atoms with Crippen molar-refractivity contribution >= 4 is 11.6 Å². The molecule has 8 nitrogen and oxygen atoms in total. The Morgan fingerprint density at radius 3 is 2.30 bits per heavy atom. The molecule has 1 amide bonds. The van der Waals surface area contributed by atoms with Crippen LogP contribution in [0.15, 0.2) is 47.3 Å². The van der Waals surface area contributed by atoms with E-state index in [0.717, 1.165) is 80.1 Å². The minimum atomic E-state index is -0.174. The van der Waals surface area contributed by atoms with Gasteiger partial charge in [0.05, 0.1) is 13.2 Å². The predicted molar refractivity (Wildman–Crippen MR) is 172 cm³/mol. The molecule has 3 aromatic rings. The van der Waals surface area contributed by atoms with Crippen molar-refractivity contribution < 1.29 is 14.3 Å². The number of hydrogen-bond donors (Lipinski definition) is 2. The van der Waals surface area contributed by atoms with Gasteiger partial charge in [0.25, 0.3) is 11.5 Å². The highest BCUT2D eigenvalue weighted by molar-refractivity contribution is 5.97. The summed E-state index contributed by atoms with van der Waals surface area (Å²) in [7, 11) is 0. The zero-order valence-electron chi connectivity index (χ0n) is 26.1. The van der Waals surface area contributed by atoms with E-state index in [9.17, 15) is 9.59 Å². The summed E-state index contributed by atoms with van der Waals surface area (Å²) in [6, 6.07) is 15.4. The van der Waals surface area contributed by atoms with Gasteiger partial charge in [0.2, 0.25) is 0 Å². The average molecular weight is 587 g/mol. The standard InChI is InChI=1S/C35H46N4O4/c1-5-26-7-8-28(21-33(26)39(6-2)30-11-15-42-16-12-30)27-9-10-29(23-38-13-17-43-18-14-38)31(20-27)34(40)36-22-32-24(3)19-25(4)37-35(32)41/h7-10,19-21,30H,5-6,11-18,22-23H2,1-4H3,(H,36,40)(H,37,41). The van der Waals surface area contributed by atoms with Gasteiger partial charge < -0.3 is 24.7 Å².